The minimum Gasteiger partial charge on any atom is -0.380 e. The monoisotopic (exact) mass is 214 g/mol. The smallest absolute Gasteiger partial charge is 0.0711 e. The summed E-state index contributed by atoms with van der Waals surface area (Å²) >= 11 is 0. The molecule has 2 aliphatic rings. The fraction of sp³-hybridized carbons (Fsp3) is 1.00. The molecular formula is C11H22N2O2. The summed E-state index contributed by atoms with van der Waals surface area (Å²) in [5, 5.41) is 6.93. The average molecular weight is 214 g/mol. The maximum atomic E-state index is 5.55. The molecule has 2 saturated heterocycles. The van der Waals surface area contributed by atoms with E-state index in [-0.39, 0.29) is 0 Å². The molecule has 0 aromatic rings. The van der Waals surface area contributed by atoms with Crippen LogP contribution in [0, 0.1) is 0 Å². The molecule has 3 atom stereocenters. The van der Waals surface area contributed by atoms with Gasteiger partial charge in [-0.2, -0.15) is 0 Å². The van der Waals surface area contributed by atoms with Crippen molar-refractivity contribution in [3.8, 4) is 0 Å². The maximum absolute atomic E-state index is 5.55. The Balaban J connectivity index is 1.54. The van der Waals surface area contributed by atoms with Gasteiger partial charge < -0.3 is 20.1 Å². The Morgan fingerprint density at radius 2 is 2.40 bits per heavy atom. The summed E-state index contributed by atoms with van der Waals surface area (Å²) in [4.78, 5) is 0. The van der Waals surface area contributed by atoms with Crippen LogP contribution in [0.3, 0.4) is 0 Å². The van der Waals surface area contributed by atoms with Gasteiger partial charge in [-0.15, -0.1) is 0 Å². The van der Waals surface area contributed by atoms with E-state index in [1.807, 2.05) is 0 Å². The van der Waals surface area contributed by atoms with Crippen LogP contribution in [0.1, 0.15) is 19.3 Å². The fourth-order valence-corrected chi connectivity index (χ4v) is 2.34. The fourth-order valence-electron chi connectivity index (χ4n) is 2.34. The van der Waals surface area contributed by atoms with Crippen molar-refractivity contribution in [3.63, 3.8) is 0 Å². The highest BCUT2D eigenvalue weighted by Gasteiger charge is 2.23. The van der Waals surface area contributed by atoms with Gasteiger partial charge in [-0.25, -0.2) is 0 Å². The molecule has 2 N–H and O–H groups in total. The van der Waals surface area contributed by atoms with E-state index in [2.05, 4.69) is 10.6 Å². The molecule has 0 amide bonds. The van der Waals surface area contributed by atoms with Crippen LogP contribution >= 0.6 is 0 Å². The Hall–Kier alpha value is -0.160. The first-order chi connectivity index (χ1) is 7.38. The zero-order valence-electron chi connectivity index (χ0n) is 9.50. The Bertz CT molecular complexity index is 183. The van der Waals surface area contributed by atoms with Gasteiger partial charge in [0.1, 0.15) is 0 Å². The van der Waals surface area contributed by atoms with Crippen LogP contribution in [0.2, 0.25) is 0 Å². The molecule has 2 aliphatic heterocycles. The molecule has 2 rings (SSSR count). The SMILES string of the molecule is COC1CNC(CNCC2CCCO2)C1. The summed E-state index contributed by atoms with van der Waals surface area (Å²) in [6, 6.07) is 0.566. The molecule has 15 heavy (non-hydrogen) atoms. The van der Waals surface area contributed by atoms with E-state index in [0.29, 0.717) is 18.2 Å². The third-order valence-electron chi connectivity index (χ3n) is 3.30. The summed E-state index contributed by atoms with van der Waals surface area (Å²) in [5.74, 6) is 0. The lowest BCUT2D eigenvalue weighted by Crippen LogP contribution is -2.37. The van der Waals surface area contributed by atoms with Crippen LogP contribution in [-0.2, 0) is 9.47 Å². The third kappa shape index (κ3) is 3.41. The third-order valence-corrected chi connectivity index (χ3v) is 3.30. The highest BCUT2D eigenvalue weighted by Crippen LogP contribution is 2.11. The number of ether oxygens (including phenoxy) is 2. The van der Waals surface area contributed by atoms with Crippen molar-refractivity contribution >= 4 is 0 Å². The minimum atomic E-state index is 0.402. The predicted octanol–water partition coefficient (Wildman–Crippen LogP) is 0.132. The molecule has 2 fully saturated rings. The first kappa shape index (κ1) is 11.3. The zero-order chi connectivity index (χ0) is 10.5. The van der Waals surface area contributed by atoms with Gasteiger partial charge in [-0.05, 0) is 19.3 Å². The quantitative estimate of drug-likeness (QED) is 0.683. The van der Waals surface area contributed by atoms with E-state index in [9.17, 15) is 0 Å². The Kier molecular flexibility index (Phi) is 4.38. The van der Waals surface area contributed by atoms with Gasteiger partial charge in [-0.1, -0.05) is 0 Å². The summed E-state index contributed by atoms with van der Waals surface area (Å²) in [7, 11) is 1.79. The average Bonchev–Trinajstić information content (AvgIpc) is 2.88. The van der Waals surface area contributed by atoms with Gasteiger partial charge in [-0.3, -0.25) is 0 Å². The lowest BCUT2D eigenvalue weighted by atomic mass is 10.2. The lowest BCUT2D eigenvalue weighted by molar-refractivity contribution is 0.108. The van der Waals surface area contributed by atoms with Gasteiger partial charge in [0.05, 0.1) is 12.2 Å². The maximum Gasteiger partial charge on any atom is 0.0711 e. The van der Waals surface area contributed by atoms with Crippen LogP contribution in [0.15, 0.2) is 0 Å². The second kappa shape index (κ2) is 5.80. The van der Waals surface area contributed by atoms with E-state index in [4.69, 9.17) is 9.47 Å². The number of hydrogen-bond acceptors (Lipinski definition) is 4. The van der Waals surface area contributed by atoms with Crippen molar-refractivity contribution in [1.82, 2.24) is 10.6 Å². The molecule has 4 nitrogen and oxygen atoms in total. The van der Waals surface area contributed by atoms with Gasteiger partial charge in [0.15, 0.2) is 0 Å². The summed E-state index contributed by atoms with van der Waals surface area (Å²) in [6.45, 7) is 3.96. The van der Waals surface area contributed by atoms with Crippen molar-refractivity contribution < 1.29 is 9.47 Å². The highest BCUT2D eigenvalue weighted by molar-refractivity contribution is 4.84. The van der Waals surface area contributed by atoms with Crippen molar-refractivity contribution in [2.45, 2.75) is 37.5 Å². The summed E-state index contributed by atoms with van der Waals surface area (Å²) in [6.07, 6.45) is 4.41. The van der Waals surface area contributed by atoms with Crippen LogP contribution in [0.4, 0.5) is 0 Å². The standard InChI is InChI=1S/C11H22N2O2/c1-14-11-5-9(13-8-11)6-12-7-10-3-2-4-15-10/h9-13H,2-8H2,1H3. The molecule has 4 heteroatoms. The molecule has 0 aromatic carbocycles. The van der Waals surface area contributed by atoms with E-state index in [1.165, 1.54) is 12.8 Å². The van der Waals surface area contributed by atoms with Gasteiger partial charge >= 0.3 is 0 Å². The first-order valence-electron chi connectivity index (χ1n) is 5.97. The molecule has 0 aromatic heterocycles. The summed E-state index contributed by atoms with van der Waals surface area (Å²) < 4.78 is 10.9. The molecule has 0 aliphatic carbocycles. The molecule has 0 radical (unpaired) electrons. The van der Waals surface area contributed by atoms with Crippen molar-refractivity contribution in [1.29, 1.82) is 0 Å². The molecule has 2 heterocycles. The largest absolute Gasteiger partial charge is 0.380 e. The number of methoxy groups -OCH3 is 1. The van der Waals surface area contributed by atoms with Crippen LogP contribution in [0.25, 0.3) is 0 Å². The van der Waals surface area contributed by atoms with Gasteiger partial charge in [0, 0.05) is 39.4 Å². The Morgan fingerprint density at radius 1 is 1.47 bits per heavy atom. The van der Waals surface area contributed by atoms with Crippen molar-refractivity contribution in [2.75, 3.05) is 33.4 Å². The second-order valence-corrected chi connectivity index (χ2v) is 4.49. The highest BCUT2D eigenvalue weighted by atomic mass is 16.5. The van der Waals surface area contributed by atoms with Crippen LogP contribution in [-0.4, -0.2) is 51.6 Å². The van der Waals surface area contributed by atoms with E-state index < -0.39 is 0 Å². The van der Waals surface area contributed by atoms with Gasteiger partial charge in [0.2, 0.25) is 0 Å². The molecule has 0 bridgehead atoms. The molecule has 3 unspecified atom stereocenters. The van der Waals surface area contributed by atoms with Crippen LogP contribution in [0.5, 0.6) is 0 Å². The number of rotatable bonds is 5. The van der Waals surface area contributed by atoms with Gasteiger partial charge in [0.25, 0.3) is 0 Å². The second-order valence-electron chi connectivity index (χ2n) is 4.49. The van der Waals surface area contributed by atoms with E-state index >= 15 is 0 Å². The lowest BCUT2D eigenvalue weighted by Gasteiger charge is -2.14. The Morgan fingerprint density at radius 3 is 3.07 bits per heavy atom. The first-order valence-corrected chi connectivity index (χ1v) is 5.97. The predicted molar refractivity (Wildman–Crippen MR) is 59.0 cm³/mol. The Labute approximate surface area is 91.7 Å². The van der Waals surface area contributed by atoms with Crippen LogP contribution < -0.4 is 10.6 Å². The van der Waals surface area contributed by atoms with Crippen molar-refractivity contribution in [2.24, 2.45) is 0 Å². The minimum absolute atomic E-state index is 0.402. The normalized spacial score (nSPS) is 36.2. The molecule has 88 valence electrons. The van der Waals surface area contributed by atoms with Crippen molar-refractivity contribution in [3.05, 3.63) is 0 Å². The number of nitrogens with one attached hydrogen (secondary N) is 2. The summed E-state index contributed by atoms with van der Waals surface area (Å²) in [5.41, 5.74) is 0. The number of hydrogen-bond donors (Lipinski definition) is 2. The van der Waals surface area contributed by atoms with E-state index in [0.717, 1.165) is 32.7 Å². The molecular weight excluding hydrogens is 192 g/mol. The molecule has 0 spiro atoms. The zero-order valence-corrected chi connectivity index (χ0v) is 9.50. The van der Waals surface area contributed by atoms with E-state index in [1.54, 1.807) is 7.11 Å². The topological polar surface area (TPSA) is 42.5 Å². The molecule has 0 saturated carbocycles.